The second-order valence-electron chi connectivity index (χ2n) is 10.2. The first-order valence-corrected chi connectivity index (χ1v) is 14.5. The molecule has 1 saturated carbocycles. The molecule has 1 aromatic carbocycles. The second-order valence-corrected chi connectivity index (χ2v) is 15.8. The highest BCUT2D eigenvalue weighted by atomic mass is 32.2. The average molecular weight is 417 g/mol. The van der Waals surface area contributed by atoms with E-state index in [-0.39, 0.29) is 28.6 Å². The number of ketones is 1. The number of hydrogen-bond acceptors (Lipinski definition) is 4. The van der Waals surface area contributed by atoms with Crippen LogP contribution in [0.15, 0.2) is 36.4 Å². The van der Waals surface area contributed by atoms with E-state index in [0.717, 1.165) is 6.42 Å². The molecule has 3 aliphatic carbocycles. The standard InChI is InChI=1S/C23H32O3SSi/c1-21(2,3)28(5,6)26-22(14-27-4)17-11-12-19(24)23(22,25)18-13-15-9-7-8-10-16(15)20(17)18/h7-12,17-18,20,25H,13-14H2,1-6H3/t17-,18+,20+,22+,23+/m1/s1. The number of benzene rings is 1. The van der Waals surface area contributed by atoms with E-state index in [0.29, 0.717) is 5.75 Å². The molecule has 0 heterocycles. The van der Waals surface area contributed by atoms with Crippen LogP contribution in [-0.2, 0) is 15.6 Å². The van der Waals surface area contributed by atoms with Crippen molar-refractivity contribution in [1.29, 1.82) is 0 Å². The molecule has 1 N–H and O–H groups in total. The molecule has 0 aliphatic heterocycles. The minimum absolute atomic E-state index is 0.00539. The maximum Gasteiger partial charge on any atom is 0.193 e. The number of aliphatic hydroxyl groups is 1. The number of thioether (sulfide) groups is 1. The van der Waals surface area contributed by atoms with Crippen LogP contribution in [0.25, 0.3) is 0 Å². The lowest BCUT2D eigenvalue weighted by molar-refractivity contribution is -0.166. The third-order valence-electron chi connectivity index (χ3n) is 7.83. The minimum atomic E-state index is -2.22. The van der Waals surface area contributed by atoms with Crippen LogP contribution < -0.4 is 0 Å². The second kappa shape index (κ2) is 6.31. The molecule has 0 amide bonds. The number of carbonyl (C=O) groups is 1. The Bertz CT molecular complexity index is 842. The largest absolute Gasteiger partial charge is 0.406 e. The summed E-state index contributed by atoms with van der Waals surface area (Å²) in [6.07, 6.45) is 6.47. The summed E-state index contributed by atoms with van der Waals surface area (Å²) in [5.41, 5.74) is 0.241. The lowest BCUT2D eigenvalue weighted by atomic mass is 9.71. The Hall–Kier alpha value is -0.883. The molecule has 0 saturated heterocycles. The molecule has 3 aliphatic rings. The molecule has 0 radical (unpaired) electrons. The van der Waals surface area contributed by atoms with E-state index < -0.39 is 19.5 Å². The topological polar surface area (TPSA) is 46.5 Å². The molecule has 0 unspecified atom stereocenters. The predicted octanol–water partition coefficient (Wildman–Crippen LogP) is 4.57. The van der Waals surface area contributed by atoms with Crippen LogP contribution in [0.5, 0.6) is 0 Å². The summed E-state index contributed by atoms with van der Waals surface area (Å²) in [4.78, 5) is 13.3. The minimum Gasteiger partial charge on any atom is -0.406 e. The van der Waals surface area contributed by atoms with Gasteiger partial charge in [0.25, 0.3) is 0 Å². The molecule has 3 nitrogen and oxygen atoms in total. The number of carbonyl (C=O) groups excluding carboxylic acids is 1. The van der Waals surface area contributed by atoms with E-state index in [1.54, 1.807) is 17.8 Å². The smallest absolute Gasteiger partial charge is 0.193 e. The van der Waals surface area contributed by atoms with Crippen molar-refractivity contribution >= 4 is 25.9 Å². The van der Waals surface area contributed by atoms with Gasteiger partial charge in [-0.15, -0.1) is 0 Å². The third-order valence-corrected chi connectivity index (χ3v) is 13.0. The van der Waals surface area contributed by atoms with Crippen molar-refractivity contribution in [1.82, 2.24) is 0 Å². The van der Waals surface area contributed by atoms with Crippen molar-refractivity contribution in [3.8, 4) is 0 Å². The van der Waals surface area contributed by atoms with Gasteiger partial charge in [0.1, 0.15) is 5.60 Å². The Morgan fingerprint density at radius 1 is 1.29 bits per heavy atom. The van der Waals surface area contributed by atoms with Crippen LogP contribution in [0.1, 0.15) is 37.8 Å². The Kier molecular flexibility index (Phi) is 4.59. The van der Waals surface area contributed by atoms with Crippen LogP contribution in [0.2, 0.25) is 18.1 Å². The first-order valence-electron chi connectivity index (χ1n) is 10.2. The van der Waals surface area contributed by atoms with Crippen molar-refractivity contribution in [2.75, 3.05) is 12.0 Å². The number of hydrogen-bond donors (Lipinski definition) is 1. The lowest BCUT2D eigenvalue weighted by Gasteiger charge is -2.53. The summed E-state index contributed by atoms with van der Waals surface area (Å²) >= 11 is 1.68. The van der Waals surface area contributed by atoms with E-state index >= 15 is 0 Å². The van der Waals surface area contributed by atoms with Crippen molar-refractivity contribution in [3.05, 3.63) is 47.5 Å². The van der Waals surface area contributed by atoms with Crippen molar-refractivity contribution in [2.45, 2.75) is 62.4 Å². The van der Waals surface area contributed by atoms with Gasteiger partial charge >= 0.3 is 0 Å². The van der Waals surface area contributed by atoms with E-state index in [1.807, 2.05) is 12.3 Å². The fourth-order valence-corrected chi connectivity index (χ4v) is 8.11. The zero-order valence-corrected chi connectivity index (χ0v) is 19.6. The maximum absolute atomic E-state index is 13.3. The predicted molar refractivity (Wildman–Crippen MR) is 118 cm³/mol. The Balaban J connectivity index is 1.91. The van der Waals surface area contributed by atoms with Crippen LogP contribution in [0.3, 0.4) is 0 Å². The van der Waals surface area contributed by atoms with Crippen LogP contribution in [-0.4, -0.2) is 42.4 Å². The molecule has 1 fully saturated rings. The fourth-order valence-electron chi connectivity index (χ4n) is 5.52. The Morgan fingerprint density at radius 3 is 2.61 bits per heavy atom. The maximum atomic E-state index is 13.3. The molecule has 152 valence electrons. The average Bonchev–Trinajstić information content (AvgIpc) is 3.02. The summed E-state index contributed by atoms with van der Waals surface area (Å²) in [5.74, 6) is 0.503. The zero-order valence-electron chi connectivity index (χ0n) is 17.8. The molecule has 4 rings (SSSR count). The van der Waals surface area contributed by atoms with Gasteiger partial charge < -0.3 is 9.53 Å². The highest BCUT2D eigenvalue weighted by Crippen LogP contribution is 2.66. The first-order chi connectivity index (χ1) is 13.0. The number of rotatable bonds is 4. The Morgan fingerprint density at radius 2 is 1.96 bits per heavy atom. The van der Waals surface area contributed by atoms with Crippen LogP contribution in [0, 0.1) is 11.8 Å². The van der Waals surface area contributed by atoms with Gasteiger partial charge in [0.05, 0.1) is 0 Å². The number of fused-ring (bicyclic) bond motifs is 7. The molecule has 0 spiro atoms. The first kappa shape index (κ1) is 20.4. The van der Waals surface area contributed by atoms with E-state index in [1.165, 1.54) is 11.1 Å². The van der Waals surface area contributed by atoms with Gasteiger partial charge in [0.2, 0.25) is 0 Å². The molecular formula is C23H32O3SSi. The normalized spacial score (nSPS) is 36.5. The monoisotopic (exact) mass is 416 g/mol. The summed E-state index contributed by atoms with van der Waals surface area (Å²) in [5, 5.41) is 12.2. The molecule has 5 heteroatoms. The Labute approximate surface area is 174 Å². The third kappa shape index (κ3) is 2.46. The fraction of sp³-hybridized carbons (Fsp3) is 0.609. The highest BCUT2D eigenvalue weighted by Gasteiger charge is 2.75. The molecular weight excluding hydrogens is 384 g/mol. The lowest BCUT2D eigenvalue weighted by Crippen LogP contribution is -2.68. The SMILES string of the molecule is CSC[C@]1(O[Si](C)(C)C(C)(C)C)[C@@H]2C=CC(=O)[C@@]1(O)[C@H]1Cc3ccccc3[C@@H]21. The van der Waals surface area contributed by atoms with Crippen molar-refractivity contribution in [3.63, 3.8) is 0 Å². The molecule has 1 aromatic rings. The molecule has 2 bridgehead atoms. The van der Waals surface area contributed by atoms with Gasteiger partial charge in [-0.2, -0.15) is 11.8 Å². The summed E-state index contributed by atoms with van der Waals surface area (Å²) in [6, 6.07) is 8.45. The van der Waals surface area contributed by atoms with E-state index in [2.05, 4.69) is 58.1 Å². The summed E-state index contributed by atoms with van der Waals surface area (Å²) in [6.45, 7) is 11.1. The van der Waals surface area contributed by atoms with E-state index in [9.17, 15) is 9.90 Å². The zero-order chi connectivity index (χ0) is 20.5. The van der Waals surface area contributed by atoms with Gasteiger partial charge in [-0.25, -0.2) is 0 Å². The highest BCUT2D eigenvalue weighted by molar-refractivity contribution is 7.98. The van der Waals surface area contributed by atoms with Gasteiger partial charge in [0.15, 0.2) is 19.7 Å². The molecule has 28 heavy (non-hydrogen) atoms. The van der Waals surface area contributed by atoms with Gasteiger partial charge in [-0.3, -0.25) is 4.79 Å². The van der Waals surface area contributed by atoms with Crippen LogP contribution in [0.4, 0.5) is 0 Å². The van der Waals surface area contributed by atoms with Crippen molar-refractivity contribution < 1.29 is 14.3 Å². The van der Waals surface area contributed by atoms with Crippen LogP contribution >= 0.6 is 11.8 Å². The van der Waals surface area contributed by atoms with Gasteiger partial charge in [-0.1, -0.05) is 51.1 Å². The summed E-state index contributed by atoms with van der Waals surface area (Å²) < 4.78 is 7.08. The van der Waals surface area contributed by atoms with Gasteiger partial charge in [-0.05, 0) is 53.9 Å². The van der Waals surface area contributed by atoms with E-state index in [4.69, 9.17) is 4.43 Å². The summed E-state index contributed by atoms with van der Waals surface area (Å²) in [7, 11) is -2.22. The molecule has 5 atom stereocenters. The quantitative estimate of drug-likeness (QED) is 0.731. The molecule has 0 aromatic heterocycles. The van der Waals surface area contributed by atoms with Gasteiger partial charge in [0, 0.05) is 17.6 Å². The van der Waals surface area contributed by atoms with Crippen molar-refractivity contribution in [2.24, 2.45) is 11.8 Å².